The van der Waals surface area contributed by atoms with Crippen LogP contribution in [0, 0.1) is 0 Å². The van der Waals surface area contributed by atoms with Crippen LogP contribution in [0.5, 0.6) is 0 Å². The Hall–Kier alpha value is -1.95. The van der Waals surface area contributed by atoms with E-state index in [0.29, 0.717) is 11.3 Å². The first kappa shape index (κ1) is 12.5. The summed E-state index contributed by atoms with van der Waals surface area (Å²) in [5, 5.41) is 5.11. The summed E-state index contributed by atoms with van der Waals surface area (Å²) in [6, 6.07) is 0.605. The number of carbonyl (C=O) groups is 2. The van der Waals surface area contributed by atoms with Crippen molar-refractivity contribution in [2.45, 2.75) is 6.04 Å². The zero-order valence-electron chi connectivity index (χ0n) is 9.53. The molecule has 0 aromatic carbocycles. The van der Waals surface area contributed by atoms with Crippen molar-refractivity contribution in [1.82, 2.24) is 10.6 Å². The number of methoxy groups -OCH3 is 1. The molecule has 0 radical (unpaired) electrons. The Morgan fingerprint density at radius 3 is 2.94 bits per heavy atom. The van der Waals surface area contributed by atoms with Crippen molar-refractivity contribution in [2.24, 2.45) is 0 Å². The topological polar surface area (TPSA) is 80.6 Å². The molecule has 7 heteroatoms. The minimum Gasteiger partial charge on any atom is -0.472 e. The molecule has 0 aliphatic carbocycles. The predicted molar refractivity (Wildman–Crippen MR) is 62.9 cm³/mol. The Morgan fingerprint density at radius 2 is 2.39 bits per heavy atom. The van der Waals surface area contributed by atoms with Crippen molar-refractivity contribution in [3.05, 3.63) is 35.4 Å². The molecule has 0 saturated heterocycles. The highest BCUT2D eigenvalue weighted by atomic mass is 35.5. The molecular formula is C11H11ClN2O4. The zero-order chi connectivity index (χ0) is 13.1. The van der Waals surface area contributed by atoms with Gasteiger partial charge in [-0.2, -0.15) is 0 Å². The number of esters is 1. The number of alkyl halides is 1. The van der Waals surface area contributed by atoms with Gasteiger partial charge in [0.1, 0.15) is 0 Å². The van der Waals surface area contributed by atoms with Gasteiger partial charge in [-0.25, -0.2) is 9.59 Å². The fraction of sp³-hybridized carbons (Fsp3) is 0.273. The van der Waals surface area contributed by atoms with Crippen LogP contribution in [0.1, 0.15) is 11.6 Å². The maximum Gasteiger partial charge on any atom is 0.338 e. The largest absolute Gasteiger partial charge is 0.472 e. The highest BCUT2D eigenvalue weighted by Gasteiger charge is 2.33. The second kappa shape index (κ2) is 5.14. The minimum atomic E-state index is -0.626. The molecular weight excluding hydrogens is 260 g/mol. The highest BCUT2D eigenvalue weighted by Crippen LogP contribution is 2.28. The first-order chi connectivity index (χ1) is 8.67. The van der Waals surface area contributed by atoms with E-state index in [-0.39, 0.29) is 11.5 Å². The Kier molecular flexibility index (Phi) is 3.57. The molecule has 1 aromatic heterocycles. The number of hydrogen-bond acceptors (Lipinski definition) is 4. The van der Waals surface area contributed by atoms with Crippen LogP contribution in [0.2, 0.25) is 0 Å². The molecule has 1 aromatic rings. The lowest BCUT2D eigenvalue weighted by Gasteiger charge is -2.27. The van der Waals surface area contributed by atoms with E-state index >= 15 is 0 Å². The molecule has 0 unspecified atom stereocenters. The van der Waals surface area contributed by atoms with E-state index in [4.69, 9.17) is 20.8 Å². The number of hydrogen-bond donors (Lipinski definition) is 2. The summed E-state index contributed by atoms with van der Waals surface area (Å²) in [6.45, 7) is 0. The Labute approximate surface area is 108 Å². The monoisotopic (exact) mass is 270 g/mol. The van der Waals surface area contributed by atoms with E-state index in [1.165, 1.54) is 19.6 Å². The number of ether oxygens (including phenoxy) is 1. The van der Waals surface area contributed by atoms with Gasteiger partial charge in [0.15, 0.2) is 0 Å². The van der Waals surface area contributed by atoms with Gasteiger partial charge in [-0.15, -0.1) is 11.6 Å². The lowest BCUT2D eigenvalue weighted by atomic mass is 9.98. The molecule has 0 saturated carbocycles. The standard InChI is InChI=1S/C11H11ClN2O4/c1-17-10(15)8-7(4-12)13-11(16)14-9(8)6-2-3-18-5-6/h2-3,5,9H,4H2,1H3,(H2,13,14,16)/t9-/m1/s1. The van der Waals surface area contributed by atoms with Crippen LogP contribution >= 0.6 is 11.6 Å². The van der Waals surface area contributed by atoms with Gasteiger partial charge in [0.25, 0.3) is 0 Å². The Bertz CT molecular complexity index is 495. The predicted octanol–water partition coefficient (Wildman–Crippen LogP) is 1.30. The minimum absolute atomic E-state index is 0.00616. The van der Waals surface area contributed by atoms with Crippen molar-refractivity contribution in [3.63, 3.8) is 0 Å². The van der Waals surface area contributed by atoms with E-state index in [2.05, 4.69) is 10.6 Å². The van der Waals surface area contributed by atoms with Gasteiger partial charge in [0.2, 0.25) is 0 Å². The normalized spacial score (nSPS) is 19.2. The quantitative estimate of drug-likeness (QED) is 0.641. The fourth-order valence-electron chi connectivity index (χ4n) is 1.76. The molecule has 0 spiro atoms. The third-order valence-electron chi connectivity index (χ3n) is 2.57. The van der Waals surface area contributed by atoms with Gasteiger partial charge in [-0.1, -0.05) is 0 Å². The number of halogens is 1. The summed E-state index contributed by atoms with van der Waals surface area (Å²) in [6.07, 6.45) is 2.91. The molecule has 0 fully saturated rings. The van der Waals surface area contributed by atoms with Gasteiger partial charge in [0, 0.05) is 11.3 Å². The average Bonchev–Trinajstić information content (AvgIpc) is 2.90. The maximum absolute atomic E-state index is 11.8. The van der Waals surface area contributed by atoms with Crippen LogP contribution in [-0.2, 0) is 9.53 Å². The molecule has 2 amide bonds. The first-order valence-electron chi connectivity index (χ1n) is 5.14. The molecule has 2 N–H and O–H groups in total. The van der Waals surface area contributed by atoms with Crippen molar-refractivity contribution >= 4 is 23.6 Å². The number of nitrogens with one attached hydrogen (secondary N) is 2. The molecule has 2 heterocycles. The van der Waals surface area contributed by atoms with E-state index in [9.17, 15) is 9.59 Å². The zero-order valence-corrected chi connectivity index (χ0v) is 10.3. The third-order valence-corrected chi connectivity index (χ3v) is 2.84. The Morgan fingerprint density at radius 1 is 1.61 bits per heavy atom. The number of allylic oxidation sites excluding steroid dienone is 1. The molecule has 1 aliphatic rings. The van der Waals surface area contributed by atoms with E-state index < -0.39 is 18.0 Å². The third kappa shape index (κ3) is 2.19. The fourth-order valence-corrected chi connectivity index (χ4v) is 1.97. The maximum atomic E-state index is 11.8. The SMILES string of the molecule is COC(=O)C1=C(CCl)NC(=O)N[C@@H]1c1ccoc1. The van der Waals surface area contributed by atoms with Gasteiger partial charge < -0.3 is 19.8 Å². The number of carbonyl (C=O) groups excluding carboxylic acids is 2. The molecule has 0 bridgehead atoms. The van der Waals surface area contributed by atoms with Crippen LogP contribution < -0.4 is 10.6 Å². The van der Waals surface area contributed by atoms with E-state index in [1.807, 2.05) is 0 Å². The molecule has 1 atom stereocenters. The summed E-state index contributed by atoms with van der Waals surface area (Å²) in [5.41, 5.74) is 1.25. The molecule has 18 heavy (non-hydrogen) atoms. The van der Waals surface area contributed by atoms with Crippen LogP contribution in [0.25, 0.3) is 0 Å². The number of rotatable bonds is 3. The first-order valence-corrected chi connectivity index (χ1v) is 5.67. The number of furan rings is 1. The lowest BCUT2D eigenvalue weighted by molar-refractivity contribution is -0.136. The van der Waals surface area contributed by atoms with Gasteiger partial charge >= 0.3 is 12.0 Å². The van der Waals surface area contributed by atoms with Gasteiger partial charge in [-0.3, -0.25) is 0 Å². The van der Waals surface area contributed by atoms with Crippen molar-refractivity contribution in [2.75, 3.05) is 13.0 Å². The summed E-state index contributed by atoms with van der Waals surface area (Å²) >= 11 is 5.74. The van der Waals surface area contributed by atoms with Crippen LogP contribution in [-0.4, -0.2) is 25.0 Å². The second-order valence-electron chi connectivity index (χ2n) is 3.61. The van der Waals surface area contributed by atoms with E-state index in [1.54, 1.807) is 6.07 Å². The summed E-state index contributed by atoms with van der Waals surface area (Å²) in [4.78, 5) is 23.3. The van der Waals surface area contributed by atoms with Crippen molar-refractivity contribution < 1.29 is 18.7 Å². The summed E-state index contributed by atoms with van der Waals surface area (Å²) in [7, 11) is 1.27. The smallest absolute Gasteiger partial charge is 0.338 e. The van der Waals surface area contributed by atoms with Gasteiger partial charge in [-0.05, 0) is 6.07 Å². The Balaban J connectivity index is 2.48. The molecule has 96 valence electrons. The second-order valence-corrected chi connectivity index (χ2v) is 3.87. The van der Waals surface area contributed by atoms with Crippen molar-refractivity contribution in [1.29, 1.82) is 0 Å². The van der Waals surface area contributed by atoms with Crippen LogP contribution in [0.3, 0.4) is 0 Å². The van der Waals surface area contributed by atoms with Gasteiger partial charge in [0.05, 0.1) is 37.1 Å². The average molecular weight is 271 g/mol. The number of amides is 2. The van der Waals surface area contributed by atoms with E-state index in [0.717, 1.165) is 0 Å². The van der Waals surface area contributed by atoms with Crippen LogP contribution in [0.4, 0.5) is 4.79 Å². The molecule has 1 aliphatic heterocycles. The van der Waals surface area contributed by atoms with Crippen LogP contribution in [0.15, 0.2) is 34.3 Å². The lowest BCUT2D eigenvalue weighted by Crippen LogP contribution is -2.46. The summed E-state index contributed by atoms with van der Waals surface area (Å²) < 4.78 is 9.66. The van der Waals surface area contributed by atoms with Crippen molar-refractivity contribution in [3.8, 4) is 0 Å². The highest BCUT2D eigenvalue weighted by molar-refractivity contribution is 6.20. The molecule has 6 nitrogen and oxygen atoms in total. The number of urea groups is 1. The molecule has 2 rings (SSSR count). The summed E-state index contributed by atoms with van der Waals surface area (Å²) in [5.74, 6) is -0.545.